The van der Waals surface area contributed by atoms with Crippen LogP contribution in [0.3, 0.4) is 0 Å². The fraction of sp³-hybridized carbons (Fsp3) is 0.263. The second-order valence-electron chi connectivity index (χ2n) is 5.89. The van der Waals surface area contributed by atoms with Crippen LogP contribution in [0.4, 0.5) is 5.69 Å². The van der Waals surface area contributed by atoms with Crippen molar-refractivity contribution in [3.05, 3.63) is 59.2 Å². The van der Waals surface area contributed by atoms with Gasteiger partial charge >= 0.3 is 0 Å². The van der Waals surface area contributed by atoms with Crippen LogP contribution in [0.25, 0.3) is 0 Å². The smallest absolute Gasteiger partial charge is 0.279 e. The molecule has 132 valence electrons. The Morgan fingerprint density at radius 2 is 1.72 bits per heavy atom. The lowest BCUT2D eigenvalue weighted by atomic mass is 10.1. The highest BCUT2D eigenvalue weighted by Gasteiger charge is 2.16. The molecule has 0 saturated heterocycles. The number of amides is 1. The number of thiocarbonyl (C=S) groups is 1. The van der Waals surface area contributed by atoms with E-state index in [1.54, 1.807) is 6.92 Å². The summed E-state index contributed by atoms with van der Waals surface area (Å²) < 4.78 is 5.74. The molecule has 0 aliphatic heterocycles. The molecule has 1 atom stereocenters. The van der Waals surface area contributed by atoms with Gasteiger partial charge in [0.1, 0.15) is 5.75 Å². The molecule has 2 aromatic carbocycles. The average Bonchev–Trinajstić information content (AvgIpc) is 2.58. The van der Waals surface area contributed by atoms with Gasteiger partial charge < -0.3 is 10.1 Å². The van der Waals surface area contributed by atoms with E-state index in [9.17, 15) is 4.79 Å². The van der Waals surface area contributed by atoms with Crippen molar-refractivity contribution in [1.29, 1.82) is 0 Å². The molecule has 0 aliphatic carbocycles. The second-order valence-corrected chi connectivity index (χ2v) is 6.30. The molecule has 0 radical (unpaired) electrons. The van der Waals surface area contributed by atoms with Gasteiger partial charge in [0.05, 0.1) is 0 Å². The SMILES string of the molecule is Cc1ccc(NC(=S)NNC(=O)[C@H](C)Oc2cccc(C)c2C)cc1. The molecule has 0 aliphatic rings. The molecule has 25 heavy (non-hydrogen) atoms. The molecule has 0 saturated carbocycles. The van der Waals surface area contributed by atoms with Gasteiger partial charge in [-0.05, 0) is 69.2 Å². The summed E-state index contributed by atoms with van der Waals surface area (Å²) in [6.45, 7) is 7.67. The van der Waals surface area contributed by atoms with E-state index in [-0.39, 0.29) is 5.91 Å². The predicted molar refractivity (Wildman–Crippen MR) is 105 cm³/mol. The monoisotopic (exact) mass is 357 g/mol. The molecule has 6 heteroatoms. The first-order chi connectivity index (χ1) is 11.9. The van der Waals surface area contributed by atoms with Crippen LogP contribution in [0.1, 0.15) is 23.6 Å². The highest BCUT2D eigenvalue weighted by molar-refractivity contribution is 7.80. The van der Waals surface area contributed by atoms with Gasteiger partial charge in [-0.2, -0.15) is 0 Å². The summed E-state index contributed by atoms with van der Waals surface area (Å²) in [4.78, 5) is 12.2. The number of anilines is 1. The molecule has 2 aromatic rings. The van der Waals surface area contributed by atoms with Crippen molar-refractivity contribution in [2.75, 3.05) is 5.32 Å². The van der Waals surface area contributed by atoms with E-state index in [4.69, 9.17) is 17.0 Å². The van der Waals surface area contributed by atoms with Crippen molar-refractivity contribution in [1.82, 2.24) is 10.9 Å². The van der Waals surface area contributed by atoms with E-state index in [1.165, 1.54) is 0 Å². The van der Waals surface area contributed by atoms with Crippen molar-refractivity contribution >= 4 is 28.9 Å². The van der Waals surface area contributed by atoms with Crippen molar-refractivity contribution in [2.24, 2.45) is 0 Å². The number of hydrazine groups is 1. The van der Waals surface area contributed by atoms with E-state index >= 15 is 0 Å². The van der Waals surface area contributed by atoms with E-state index in [2.05, 4.69) is 16.2 Å². The van der Waals surface area contributed by atoms with Crippen molar-refractivity contribution < 1.29 is 9.53 Å². The lowest BCUT2D eigenvalue weighted by Gasteiger charge is -2.18. The summed E-state index contributed by atoms with van der Waals surface area (Å²) in [6.07, 6.45) is -0.657. The van der Waals surface area contributed by atoms with Gasteiger partial charge in [-0.15, -0.1) is 0 Å². The van der Waals surface area contributed by atoms with E-state index in [0.29, 0.717) is 10.9 Å². The largest absolute Gasteiger partial charge is 0.481 e. The Morgan fingerprint density at radius 1 is 1.04 bits per heavy atom. The Bertz CT molecular complexity index is 760. The van der Waals surface area contributed by atoms with Crippen LogP contribution in [0.5, 0.6) is 5.75 Å². The number of hydrogen-bond donors (Lipinski definition) is 3. The zero-order valence-electron chi connectivity index (χ0n) is 14.8. The zero-order chi connectivity index (χ0) is 18.4. The van der Waals surface area contributed by atoms with Crippen LogP contribution < -0.4 is 20.9 Å². The Balaban J connectivity index is 1.83. The lowest BCUT2D eigenvalue weighted by molar-refractivity contribution is -0.127. The summed E-state index contributed by atoms with van der Waals surface area (Å²) in [5.41, 5.74) is 9.37. The van der Waals surface area contributed by atoms with Gasteiger partial charge in [0, 0.05) is 5.69 Å². The number of hydrogen-bond acceptors (Lipinski definition) is 3. The average molecular weight is 357 g/mol. The van der Waals surface area contributed by atoms with Gasteiger partial charge in [-0.25, -0.2) is 0 Å². The first-order valence-corrected chi connectivity index (χ1v) is 8.44. The Kier molecular flexibility index (Phi) is 6.36. The van der Waals surface area contributed by atoms with Crippen LogP contribution in [-0.4, -0.2) is 17.1 Å². The first-order valence-electron chi connectivity index (χ1n) is 8.03. The van der Waals surface area contributed by atoms with Crippen LogP contribution >= 0.6 is 12.2 Å². The third kappa shape index (κ3) is 5.46. The quantitative estimate of drug-likeness (QED) is 0.578. The first kappa shape index (κ1) is 18.7. The summed E-state index contributed by atoms with van der Waals surface area (Å²) in [5, 5.41) is 3.30. The fourth-order valence-corrected chi connectivity index (χ4v) is 2.28. The van der Waals surface area contributed by atoms with Crippen LogP contribution in [0, 0.1) is 20.8 Å². The molecule has 0 unspecified atom stereocenters. The van der Waals surface area contributed by atoms with Crippen LogP contribution in [-0.2, 0) is 4.79 Å². The molecule has 5 nitrogen and oxygen atoms in total. The summed E-state index contributed by atoms with van der Waals surface area (Å²) in [5.74, 6) is 0.386. The highest BCUT2D eigenvalue weighted by atomic mass is 32.1. The minimum absolute atomic E-state index is 0.302. The molecule has 1 amide bonds. The summed E-state index contributed by atoms with van der Waals surface area (Å²) in [6, 6.07) is 13.5. The Labute approximate surface area is 153 Å². The number of carbonyl (C=O) groups excluding carboxylic acids is 1. The molecule has 3 N–H and O–H groups in total. The molecular formula is C19H23N3O2S. The van der Waals surface area contributed by atoms with E-state index in [0.717, 1.165) is 22.4 Å². The Morgan fingerprint density at radius 3 is 2.40 bits per heavy atom. The van der Waals surface area contributed by atoms with Gasteiger partial charge in [0.15, 0.2) is 11.2 Å². The molecule has 2 rings (SSSR count). The Hall–Kier alpha value is -2.60. The topological polar surface area (TPSA) is 62.4 Å². The maximum absolute atomic E-state index is 12.2. The van der Waals surface area contributed by atoms with E-state index < -0.39 is 6.10 Å². The normalized spacial score (nSPS) is 11.4. The number of aryl methyl sites for hydroxylation is 2. The maximum atomic E-state index is 12.2. The van der Waals surface area contributed by atoms with E-state index in [1.807, 2.05) is 63.2 Å². The van der Waals surface area contributed by atoms with Crippen molar-refractivity contribution in [3.8, 4) is 5.75 Å². The third-order valence-corrected chi connectivity index (χ3v) is 4.04. The van der Waals surface area contributed by atoms with Crippen LogP contribution in [0.15, 0.2) is 42.5 Å². The maximum Gasteiger partial charge on any atom is 0.279 e. The summed E-state index contributed by atoms with van der Waals surface area (Å²) >= 11 is 5.16. The molecular weight excluding hydrogens is 334 g/mol. The lowest BCUT2D eigenvalue weighted by Crippen LogP contribution is -2.48. The fourth-order valence-electron chi connectivity index (χ4n) is 2.12. The molecule has 0 heterocycles. The van der Waals surface area contributed by atoms with Gasteiger partial charge in [0.2, 0.25) is 0 Å². The molecule has 0 aromatic heterocycles. The standard InChI is InChI=1S/C19H23N3O2S/c1-12-8-10-16(11-9-12)20-19(25)22-21-18(23)15(4)24-17-7-5-6-13(2)14(17)3/h5-11,15H,1-4H3,(H,21,23)(H2,20,22,25)/t15-/m0/s1. The van der Waals surface area contributed by atoms with Gasteiger partial charge in [-0.3, -0.25) is 15.6 Å². The van der Waals surface area contributed by atoms with Gasteiger partial charge in [0.25, 0.3) is 5.91 Å². The predicted octanol–water partition coefficient (Wildman–Crippen LogP) is 3.40. The summed E-state index contributed by atoms with van der Waals surface area (Å²) in [7, 11) is 0. The zero-order valence-corrected chi connectivity index (χ0v) is 15.7. The number of benzene rings is 2. The molecule has 0 bridgehead atoms. The van der Waals surface area contributed by atoms with Crippen molar-refractivity contribution in [2.45, 2.75) is 33.8 Å². The number of carbonyl (C=O) groups is 1. The number of rotatable bonds is 4. The minimum atomic E-state index is -0.657. The molecule has 0 spiro atoms. The van der Waals surface area contributed by atoms with Gasteiger partial charge in [-0.1, -0.05) is 29.8 Å². The number of nitrogens with one attached hydrogen (secondary N) is 3. The van der Waals surface area contributed by atoms with Crippen molar-refractivity contribution in [3.63, 3.8) is 0 Å². The third-order valence-electron chi connectivity index (χ3n) is 3.84. The number of ether oxygens (including phenoxy) is 1. The van der Waals surface area contributed by atoms with Crippen LogP contribution in [0.2, 0.25) is 0 Å². The highest BCUT2D eigenvalue weighted by Crippen LogP contribution is 2.21. The molecule has 0 fully saturated rings. The minimum Gasteiger partial charge on any atom is -0.481 e. The second kappa shape index (κ2) is 8.48.